The van der Waals surface area contributed by atoms with Crippen LogP contribution in [0.15, 0.2) is 18.2 Å². The van der Waals surface area contributed by atoms with Crippen molar-refractivity contribution in [3.63, 3.8) is 0 Å². The molecule has 120 valence electrons. The van der Waals surface area contributed by atoms with E-state index in [1.54, 1.807) is 12.1 Å². The molecule has 1 aromatic carbocycles. The molecule has 0 bridgehead atoms. The average molecular weight is 313 g/mol. The van der Waals surface area contributed by atoms with Gasteiger partial charge in [0.25, 0.3) is 0 Å². The summed E-state index contributed by atoms with van der Waals surface area (Å²) < 4.78 is 16.0. The van der Waals surface area contributed by atoms with Gasteiger partial charge in [-0.1, -0.05) is 6.07 Å². The lowest BCUT2D eigenvalue weighted by Gasteiger charge is -2.25. The Kier molecular flexibility index (Phi) is 4.39. The van der Waals surface area contributed by atoms with Crippen LogP contribution < -0.4 is 0 Å². The van der Waals surface area contributed by atoms with E-state index in [1.165, 1.54) is 6.07 Å². The van der Waals surface area contributed by atoms with Crippen molar-refractivity contribution in [1.29, 1.82) is 5.26 Å². The summed E-state index contributed by atoms with van der Waals surface area (Å²) in [7, 11) is 0. The lowest BCUT2D eigenvalue weighted by Crippen LogP contribution is -2.33. The summed E-state index contributed by atoms with van der Waals surface area (Å²) in [4.78, 5) is 6.63. The fourth-order valence-electron chi connectivity index (χ4n) is 3.21. The number of nitrogens with zero attached hydrogens (tertiary/aromatic N) is 5. The van der Waals surface area contributed by atoms with Crippen LogP contribution in [0.1, 0.15) is 35.6 Å². The number of aryl methyl sites for hydroxylation is 2. The summed E-state index contributed by atoms with van der Waals surface area (Å²) in [5, 5.41) is 13.3. The van der Waals surface area contributed by atoms with E-state index >= 15 is 0 Å². The van der Waals surface area contributed by atoms with Gasteiger partial charge in [0, 0.05) is 18.2 Å². The van der Waals surface area contributed by atoms with Gasteiger partial charge in [0.2, 0.25) is 0 Å². The first-order valence-corrected chi connectivity index (χ1v) is 7.87. The van der Waals surface area contributed by atoms with Gasteiger partial charge in [-0.25, -0.2) is 14.1 Å². The minimum absolute atomic E-state index is 0.303. The SMILES string of the molecule is Cc1nc(C)n(C[C@@H]2CCCN2Cc2ccc(C#N)cc2F)n1. The maximum Gasteiger partial charge on any atom is 0.147 e. The highest BCUT2D eigenvalue weighted by Gasteiger charge is 2.26. The number of hydrogen-bond acceptors (Lipinski definition) is 4. The van der Waals surface area contributed by atoms with E-state index in [2.05, 4.69) is 15.0 Å². The fraction of sp³-hybridized carbons (Fsp3) is 0.471. The van der Waals surface area contributed by atoms with Gasteiger partial charge in [-0.15, -0.1) is 0 Å². The van der Waals surface area contributed by atoms with Crippen molar-refractivity contribution >= 4 is 0 Å². The minimum atomic E-state index is -0.303. The van der Waals surface area contributed by atoms with Crippen LogP contribution in [0.3, 0.4) is 0 Å². The number of aromatic nitrogens is 3. The maximum absolute atomic E-state index is 14.1. The molecular weight excluding hydrogens is 293 g/mol. The molecule has 1 saturated heterocycles. The molecule has 3 rings (SSSR count). The smallest absolute Gasteiger partial charge is 0.147 e. The van der Waals surface area contributed by atoms with E-state index in [1.807, 2.05) is 24.6 Å². The van der Waals surface area contributed by atoms with E-state index in [4.69, 9.17) is 5.26 Å². The molecule has 0 radical (unpaired) electrons. The quantitative estimate of drug-likeness (QED) is 0.870. The highest BCUT2D eigenvalue weighted by molar-refractivity contribution is 5.32. The second-order valence-corrected chi connectivity index (χ2v) is 6.07. The highest BCUT2D eigenvalue weighted by atomic mass is 19.1. The molecule has 0 saturated carbocycles. The number of likely N-dealkylation sites (tertiary alicyclic amines) is 1. The lowest BCUT2D eigenvalue weighted by atomic mass is 10.1. The Morgan fingerprint density at radius 3 is 2.87 bits per heavy atom. The average Bonchev–Trinajstić information content (AvgIpc) is 3.08. The fourth-order valence-corrected chi connectivity index (χ4v) is 3.21. The van der Waals surface area contributed by atoms with E-state index in [0.29, 0.717) is 23.7 Å². The summed E-state index contributed by atoms with van der Waals surface area (Å²) in [6, 6.07) is 7.01. The molecular formula is C17H20FN5. The normalized spacial score (nSPS) is 18.3. The van der Waals surface area contributed by atoms with Gasteiger partial charge in [0.05, 0.1) is 18.2 Å². The van der Waals surface area contributed by atoms with Crippen molar-refractivity contribution in [2.24, 2.45) is 0 Å². The Balaban J connectivity index is 1.72. The Bertz CT molecular complexity index is 746. The van der Waals surface area contributed by atoms with Gasteiger partial charge in [-0.3, -0.25) is 4.90 Å². The first-order chi connectivity index (χ1) is 11.1. The molecule has 1 aliphatic rings. The topological polar surface area (TPSA) is 57.7 Å². The van der Waals surface area contributed by atoms with Crippen LogP contribution in [0.2, 0.25) is 0 Å². The van der Waals surface area contributed by atoms with E-state index in [9.17, 15) is 4.39 Å². The zero-order valence-electron chi connectivity index (χ0n) is 13.5. The molecule has 2 aromatic rings. The molecule has 6 heteroatoms. The highest BCUT2D eigenvalue weighted by Crippen LogP contribution is 2.23. The van der Waals surface area contributed by atoms with Gasteiger partial charge in [0.1, 0.15) is 17.5 Å². The molecule has 1 atom stereocenters. The second kappa shape index (κ2) is 6.47. The maximum atomic E-state index is 14.1. The third kappa shape index (κ3) is 3.40. The third-order valence-electron chi connectivity index (χ3n) is 4.40. The van der Waals surface area contributed by atoms with E-state index in [-0.39, 0.29) is 5.82 Å². The Morgan fingerprint density at radius 1 is 1.39 bits per heavy atom. The molecule has 2 heterocycles. The molecule has 1 aromatic heterocycles. The Morgan fingerprint density at radius 2 is 2.22 bits per heavy atom. The largest absolute Gasteiger partial charge is 0.294 e. The lowest BCUT2D eigenvalue weighted by molar-refractivity contribution is 0.215. The Hall–Kier alpha value is -2.26. The summed E-state index contributed by atoms with van der Waals surface area (Å²) in [5.41, 5.74) is 1.00. The molecule has 23 heavy (non-hydrogen) atoms. The Labute approximate surface area is 135 Å². The van der Waals surface area contributed by atoms with Crippen molar-refractivity contribution in [2.45, 2.75) is 45.8 Å². The number of hydrogen-bond donors (Lipinski definition) is 0. The second-order valence-electron chi connectivity index (χ2n) is 6.07. The van der Waals surface area contributed by atoms with E-state index < -0.39 is 0 Å². The van der Waals surface area contributed by atoms with Crippen LogP contribution >= 0.6 is 0 Å². The molecule has 0 spiro atoms. The summed E-state index contributed by atoms with van der Waals surface area (Å²) in [5.74, 6) is 1.39. The number of halogens is 1. The molecule has 1 fully saturated rings. The van der Waals surface area contributed by atoms with Crippen molar-refractivity contribution in [2.75, 3.05) is 6.54 Å². The number of nitriles is 1. The van der Waals surface area contributed by atoms with Gasteiger partial charge < -0.3 is 0 Å². The zero-order chi connectivity index (χ0) is 16.4. The summed E-state index contributed by atoms with van der Waals surface area (Å²) in [6.45, 7) is 6.15. The van der Waals surface area contributed by atoms with Gasteiger partial charge in [-0.05, 0) is 45.4 Å². The van der Waals surface area contributed by atoms with Gasteiger partial charge >= 0.3 is 0 Å². The number of rotatable bonds is 4. The minimum Gasteiger partial charge on any atom is -0.294 e. The standard InChI is InChI=1S/C17H20FN5/c1-12-20-13(2)23(21-12)11-16-4-3-7-22(16)10-15-6-5-14(9-19)8-17(15)18/h5-6,8,16H,3-4,7,10-11H2,1-2H3/t16-/m0/s1. The van der Waals surface area contributed by atoms with Crippen LogP contribution in [0, 0.1) is 31.0 Å². The van der Waals surface area contributed by atoms with Crippen molar-refractivity contribution in [1.82, 2.24) is 19.7 Å². The summed E-state index contributed by atoms with van der Waals surface area (Å²) >= 11 is 0. The van der Waals surface area contributed by atoms with Crippen LogP contribution in [0.25, 0.3) is 0 Å². The van der Waals surface area contributed by atoms with Gasteiger partial charge in [0.15, 0.2) is 0 Å². The van der Waals surface area contributed by atoms with Crippen LogP contribution in [-0.4, -0.2) is 32.3 Å². The van der Waals surface area contributed by atoms with Crippen LogP contribution in [-0.2, 0) is 13.1 Å². The van der Waals surface area contributed by atoms with Crippen LogP contribution in [0.4, 0.5) is 4.39 Å². The van der Waals surface area contributed by atoms with Crippen molar-refractivity contribution < 1.29 is 4.39 Å². The molecule has 0 unspecified atom stereocenters. The molecule has 5 nitrogen and oxygen atoms in total. The van der Waals surface area contributed by atoms with Crippen molar-refractivity contribution in [3.05, 3.63) is 46.8 Å². The molecule has 0 aliphatic carbocycles. The molecule has 0 amide bonds. The first kappa shape index (κ1) is 15.6. The third-order valence-corrected chi connectivity index (χ3v) is 4.40. The van der Waals surface area contributed by atoms with E-state index in [0.717, 1.165) is 37.6 Å². The monoisotopic (exact) mass is 313 g/mol. The predicted molar refractivity (Wildman–Crippen MR) is 84.0 cm³/mol. The first-order valence-electron chi connectivity index (χ1n) is 7.87. The molecule has 1 aliphatic heterocycles. The van der Waals surface area contributed by atoms with Crippen molar-refractivity contribution in [3.8, 4) is 6.07 Å². The van der Waals surface area contributed by atoms with Crippen LogP contribution in [0.5, 0.6) is 0 Å². The zero-order valence-corrected chi connectivity index (χ0v) is 13.5. The van der Waals surface area contributed by atoms with Gasteiger partial charge in [-0.2, -0.15) is 10.4 Å². The molecule has 0 N–H and O–H groups in total. The summed E-state index contributed by atoms with van der Waals surface area (Å²) in [6.07, 6.45) is 2.19. The number of benzene rings is 1. The predicted octanol–water partition coefficient (Wildman–Crippen LogP) is 2.57.